The van der Waals surface area contributed by atoms with Gasteiger partial charge in [-0.3, -0.25) is 9.13 Å². The SMILES string of the molecule is N#Cc1ccc2c(c1)c1ccccc1n2-c1nc(-c2ccccc2-n2c3ccccc3c3ccc4oc5ccccc5c4c32)nc(-n2c3ccccc3c3ccccc32)n1. The van der Waals surface area contributed by atoms with Crippen LogP contribution in [0.1, 0.15) is 5.56 Å². The molecular weight excluding hydrogens is 739 g/mol. The molecule has 278 valence electrons. The highest BCUT2D eigenvalue weighted by Gasteiger charge is 2.24. The number of nitriles is 1. The topological polar surface area (TPSA) is 90.4 Å². The van der Waals surface area contributed by atoms with Crippen LogP contribution in [-0.4, -0.2) is 28.7 Å². The van der Waals surface area contributed by atoms with Gasteiger partial charge in [-0.25, -0.2) is 0 Å². The Balaban J connectivity index is 1.17. The molecule has 0 fully saturated rings. The molecule has 0 atom stereocenters. The first-order valence-electron chi connectivity index (χ1n) is 19.8. The number of fused-ring (bicyclic) bond motifs is 13. The first kappa shape index (κ1) is 32.5. The van der Waals surface area contributed by atoms with E-state index in [0.717, 1.165) is 98.6 Å². The molecule has 13 aromatic rings. The molecule has 0 saturated heterocycles. The van der Waals surface area contributed by atoms with Gasteiger partial charge < -0.3 is 8.98 Å². The second-order valence-corrected chi connectivity index (χ2v) is 15.1. The van der Waals surface area contributed by atoms with Crippen LogP contribution in [0.5, 0.6) is 0 Å². The molecule has 0 aliphatic heterocycles. The van der Waals surface area contributed by atoms with Gasteiger partial charge in [-0.05, 0) is 72.8 Å². The van der Waals surface area contributed by atoms with E-state index < -0.39 is 0 Å². The Bertz CT molecular complexity index is 3930. The summed E-state index contributed by atoms with van der Waals surface area (Å²) in [6, 6.07) is 62.5. The molecule has 0 spiro atoms. The second kappa shape index (κ2) is 12.2. The Hall–Kier alpha value is -8.54. The van der Waals surface area contributed by atoms with Gasteiger partial charge in [0.25, 0.3) is 0 Å². The van der Waals surface area contributed by atoms with E-state index in [1.807, 2.05) is 48.5 Å². The fraction of sp³-hybridized carbons (Fsp3) is 0. The molecule has 0 amide bonds. The van der Waals surface area contributed by atoms with Crippen molar-refractivity contribution in [1.29, 1.82) is 5.26 Å². The Morgan fingerprint density at radius 1 is 0.417 bits per heavy atom. The highest BCUT2D eigenvalue weighted by atomic mass is 16.3. The average molecular weight is 768 g/mol. The predicted octanol–water partition coefficient (Wildman–Crippen LogP) is 12.6. The maximum Gasteiger partial charge on any atom is 0.240 e. The van der Waals surface area contributed by atoms with E-state index in [-0.39, 0.29) is 0 Å². The lowest BCUT2D eigenvalue weighted by Gasteiger charge is -2.16. The van der Waals surface area contributed by atoms with E-state index in [0.29, 0.717) is 23.3 Å². The molecule has 0 unspecified atom stereocenters. The first-order chi connectivity index (χ1) is 29.7. The molecule has 0 bridgehead atoms. The highest BCUT2D eigenvalue weighted by Crippen LogP contribution is 2.43. The van der Waals surface area contributed by atoms with Crippen LogP contribution in [0.4, 0.5) is 0 Å². The summed E-state index contributed by atoms with van der Waals surface area (Å²) >= 11 is 0. The van der Waals surface area contributed by atoms with Crippen molar-refractivity contribution in [2.45, 2.75) is 0 Å². The Morgan fingerprint density at radius 3 is 1.58 bits per heavy atom. The number of benzene rings is 8. The van der Waals surface area contributed by atoms with Gasteiger partial charge in [0, 0.05) is 43.3 Å². The third-order valence-electron chi connectivity index (χ3n) is 12.0. The molecule has 8 aromatic carbocycles. The van der Waals surface area contributed by atoms with Crippen molar-refractivity contribution in [3.63, 3.8) is 0 Å². The van der Waals surface area contributed by atoms with E-state index >= 15 is 0 Å². The average Bonchev–Trinajstić information content (AvgIpc) is 4.05. The normalized spacial score (nSPS) is 12.0. The standard InChI is InChI=1S/C52H29N7O/c53-30-31-25-27-45-39(29-31)35-16-4-10-22-43(35)59(45)52-55-50(54-51(56-52)58-41-20-8-1-13-32(41)33-14-2-9-21-42(33)58)37-17-5-11-23-44(37)57-40-19-7-3-15-34(40)36-26-28-47-48(49(36)57)38-18-6-12-24-46(38)60-47/h1-29H. The summed E-state index contributed by atoms with van der Waals surface area (Å²) in [7, 11) is 0. The number of hydrogen-bond donors (Lipinski definition) is 0. The van der Waals surface area contributed by atoms with E-state index in [4.69, 9.17) is 19.4 Å². The monoisotopic (exact) mass is 767 g/mol. The van der Waals surface area contributed by atoms with Crippen molar-refractivity contribution in [2.24, 2.45) is 0 Å². The smallest absolute Gasteiger partial charge is 0.240 e. The summed E-state index contributed by atoms with van der Waals surface area (Å²) in [5.74, 6) is 1.47. The minimum atomic E-state index is 0.466. The van der Waals surface area contributed by atoms with Gasteiger partial charge in [0.1, 0.15) is 11.2 Å². The van der Waals surface area contributed by atoms with Crippen LogP contribution < -0.4 is 0 Å². The summed E-state index contributed by atoms with van der Waals surface area (Å²) in [5, 5.41) is 18.5. The molecule has 13 rings (SSSR count). The van der Waals surface area contributed by atoms with Crippen molar-refractivity contribution in [3.05, 3.63) is 181 Å². The zero-order valence-corrected chi connectivity index (χ0v) is 31.8. The third-order valence-corrected chi connectivity index (χ3v) is 12.0. The lowest BCUT2D eigenvalue weighted by atomic mass is 10.1. The second-order valence-electron chi connectivity index (χ2n) is 15.1. The molecule has 0 N–H and O–H groups in total. The fourth-order valence-electron chi connectivity index (χ4n) is 9.44. The molecule has 0 aliphatic carbocycles. The Morgan fingerprint density at radius 2 is 0.933 bits per heavy atom. The molecule has 0 saturated carbocycles. The minimum Gasteiger partial charge on any atom is -0.456 e. The van der Waals surface area contributed by atoms with Crippen LogP contribution in [-0.2, 0) is 0 Å². The summed E-state index contributed by atoms with van der Waals surface area (Å²) < 4.78 is 13.0. The van der Waals surface area contributed by atoms with Crippen LogP contribution >= 0.6 is 0 Å². The minimum absolute atomic E-state index is 0.466. The summed E-state index contributed by atoms with van der Waals surface area (Å²) in [5.41, 5.74) is 9.94. The first-order valence-corrected chi connectivity index (χ1v) is 19.8. The summed E-state index contributed by atoms with van der Waals surface area (Å²) in [6.07, 6.45) is 0. The van der Waals surface area contributed by atoms with E-state index in [2.05, 4.69) is 147 Å². The number of furan rings is 1. The molecule has 8 heteroatoms. The number of aromatic nitrogens is 6. The van der Waals surface area contributed by atoms with Crippen LogP contribution in [0, 0.1) is 11.3 Å². The maximum absolute atomic E-state index is 9.91. The predicted molar refractivity (Wildman–Crippen MR) is 240 cm³/mol. The molecule has 5 heterocycles. The Kier molecular flexibility index (Phi) is 6.63. The molecule has 0 radical (unpaired) electrons. The maximum atomic E-state index is 9.91. The van der Waals surface area contributed by atoms with Gasteiger partial charge in [0.2, 0.25) is 11.9 Å². The number of para-hydroxylation sites is 6. The van der Waals surface area contributed by atoms with E-state index in [1.54, 1.807) is 0 Å². The lowest BCUT2D eigenvalue weighted by Crippen LogP contribution is -2.11. The van der Waals surface area contributed by atoms with E-state index in [9.17, 15) is 5.26 Å². The quantitative estimate of drug-likeness (QED) is 0.178. The zero-order chi connectivity index (χ0) is 39.5. The summed E-state index contributed by atoms with van der Waals surface area (Å²) in [4.78, 5) is 16.2. The molecule has 5 aromatic heterocycles. The lowest BCUT2D eigenvalue weighted by molar-refractivity contribution is 0.669. The summed E-state index contributed by atoms with van der Waals surface area (Å²) in [6.45, 7) is 0. The van der Waals surface area contributed by atoms with Crippen molar-refractivity contribution < 1.29 is 4.42 Å². The number of hydrogen-bond acceptors (Lipinski definition) is 5. The van der Waals surface area contributed by atoms with Crippen molar-refractivity contribution in [2.75, 3.05) is 0 Å². The van der Waals surface area contributed by atoms with Gasteiger partial charge in [-0.15, -0.1) is 0 Å². The van der Waals surface area contributed by atoms with Crippen molar-refractivity contribution in [3.8, 4) is 35.0 Å². The largest absolute Gasteiger partial charge is 0.456 e. The molecule has 0 aliphatic rings. The zero-order valence-electron chi connectivity index (χ0n) is 31.8. The van der Waals surface area contributed by atoms with Crippen LogP contribution in [0.25, 0.3) is 116 Å². The van der Waals surface area contributed by atoms with Crippen LogP contribution in [0.3, 0.4) is 0 Å². The van der Waals surface area contributed by atoms with Crippen molar-refractivity contribution >= 4 is 87.4 Å². The van der Waals surface area contributed by atoms with E-state index in [1.165, 1.54) is 0 Å². The van der Waals surface area contributed by atoms with Gasteiger partial charge in [-0.1, -0.05) is 103 Å². The fourth-order valence-corrected chi connectivity index (χ4v) is 9.44. The third kappa shape index (κ3) is 4.46. The number of nitrogens with zero attached hydrogens (tertiary/aromatic N) is 7. The van der Waals surface area contributed by atoms with Crippen LogP contribution in [0.2, 0.25) is 0 Å². The van der Waals surface area contributed by atoms with Gasteiger partial charge in [-0.2, -0.15) is 20.2 Å². The number of rotatable bonds is 4. The molecular formula is C52H29N7O. The van der Waals surface area contributed by atoms with Crippen molar-refractivity contribution in [1.82, 2.24) is 28.7 Å². The Labute approximate surface area is 341 Å². The highest BCUT2D eigenvalue weighted by molar-refractivity contribution is 6.24. The van der Waals surface area contributed by atoms with Crippen LogP contribution in [0.15, 0.2) is 180 Å². The molecule has 8 nitrogen and oxygen atoms in total. The molecule has 60 heavy (non-hydrogen) atoms. The van der Waals surface area contributed by atoms with Gasteiger partial charge in [0.15, 0.2) is 5.82 Å². The van der Waals surface area contributed by atoms with Gasteiger partial charge in [0.05, 0.1) is 55.8 Å². The van der Waals surface area contributed by atoms with Gasteiger partial charge >= 0.3 is 0 Å².